The molecule has 2 aromatic heterocycles. The number of aryl methyl sites for hydroxylation is 1. The largest absolute Gasteiger partial charge is 0.377 e. The van der Waals surface area contributed by atoms with Gasteiger partial charge in [0.05, 0.1) is 23.2 Å². The number of hydrogen-bond donors (Lipinski definition) is 0. The Bertz CT molecular complexity index is 995. The molecule has 1 aromatic carbocycles. The molecule has 0 saturated carbocycles. The van der Waals surface area contributed by atoms with Crippen molar-refractivity contribution < 1.29 is 9.53 Å². The zero-order chi connectivity index (χ0) is 19.7. The summed E-state index contributed by atoms with van der Waals surface area (Å²) in [5, 5.41) is 6.43. The number of amides is 1. The van der Waals surface area contributed by atoms with Gasteiger partial charge in [0.25, 0.3) is 5.91 Å². The number of thiophene rings is 1. The topological polar surface area (TPSA) is 47.4 Å². The highest BCUT2D eigenvalue weighted by atomic mass is 35.5. The van der Waals surface area contributed by atoms with Gasteiger partial charge in [-0.3, -0.25) is 9.48 Å². The molecule has 28 heavy (non-hydrogen) atoms. The summed E-state index contributed by atoms with van der Waals surface area (Å²) in [4.78, 5) is 16.8. The van der Waals surface area contributed by atoms with Crippen molar-refractivity contribution in [1.29, 1.82) is 0 Å². The van der Waals surface area contributed by atoms with Crippen LogP contribution in [0, 0.1) is 6.92 Å². The van der Waals surface area contributed by atoms with E-state index in [1.165, 1.54) is 11.3 Å². The van der Waals surface area contributed by atoms with Gasteiger partial charge in [0.15, 0.2) is 0 Å². The number of aromatic nitrogens is 2. The monoisotopic (exact) mass is 417 g/mol. The maximum Gasteiger partial charge on any atom is 0.264 e. The van der Waals surface area contributed by atoms with E-state index >= 15 is 0 Å². The van der Waals surface area contributed by atoms with Gasteiger partial charge in [0.2, 0.25) is 0 Å². The number of fused-ring (bicyclic) bond motifs is 1. The zero-order valence-electron chi connectivity index (χ0n) is 16.2. The molecule has 148 valence electrons. The molecule has 0 spiro atoms. The summed E-state index contributed by atoms with van der Waals surface area (Å²) in [6.45, 7) is 6.73. The average molecular weight is 418 g/mol. The molecule has 1 aliphatic rings. The minimum atomic E-state index is 0.0919. The molecule has 1 fully saturated rings. The van der Waals surface area contributed by atoms with Crippen molar-refractivity contribution in [2.45, 2.75) is 39.3 Å². The molecule has 4 rings (SSSR count). The third kappa shape index (κ3) is 3.81. The van der Waals surface area contributed by atoms with E-state index in [-0.39, 0.29) is 12.0 Å². The minimum Gasteiger partial charge on any atom is -0.377 e. The Morgan fingerprint density at radius 2 is 2.21 bits per heavy atom. The van der Waals surface area contributed by atoms with Gasteiger partial charge in [0, 0.05) is 30.1 Å². The summed E-state index contributed by atoms with van der Waals surface area (Å²) in [7, 11) is 0. The Hall–Kier alpha value is -1.89. The van der Waals surface area contributed by atoms with E-state index in [1.54, 1.807) is 0 Å². The molecule has 0 N–H and O–H groups in total. The molecule has 1 atom stereocenters. The molecule has 0 radical (unpaired) electrons. The first-order valence-electron chi connectivity index (χ1n) is 9.68. The number of nitrogens with zero attached hydrogens (tertiary/aromatic N) is 3. The van der Waals surface area contributed by atoms with E-state index in [2.05, 4.69) is 5.10 Å². The first-order valence-corrected chi connectivity index (χ1v) is 10.9. The smallest absolute Gasteiger partial charge is 0.264 e. The summed E-state index contributed by atoms with van der Waals surface area (Å²) < 4.78 is 7.69. The molecule has 7 heteroatoms. The zero-order valence-corrected chi connectivity index (χ0v) is 17.7. The van der Waals surface area contributed by atoms with E-state index in [4.69, 9.17) is 16.3 Å². The molecule has 5 nitrogen and oxygen atoms in total. The lowest BCUT2D eigenvalue weighted by Crippen LogP contribution is -2.43. The quantitative estimate of drug-likeness (QED) is 0.601. The second-order valence-electron chi connectivity index (χ2n) is 7.13. The van der Waals surface area contributed by atoms with E-state index in [0.29, 0.717) is 19.7 Å². The molecule has 1 unspecified atom stereocenters. The Balaban J connectivity index is 1.59. The first-order chi connectivity index (χ1) is 13.6. The number of ether oxygens (including phenoxy) is 1. The van der Waals surface area contributed by atoms with Crippen molar-refractivity contribution >= 4 is 39.1 Å². The third-order valence-corrected chi connectivity index (χ3v) is 6.67. The minimum absolute atomic E-state index is 0.0919. The Labute approximate surface area is 173 Å². The van der Waals surface area contributed by atoms with Gasteiger partial charge >= 0.3 is 0 Å². The molecule has 3 heterocycles. The molecule has 1 aliphatic heterocycles. The lowest BCUT2D eigenvalue weighted by Gasteiger charge is -2.32. The van der Waals surface area contributed by atoms with E-state index in [1.807, 2.05) is 53.8 Å². The molecule has 0 aliphatic carbocycles. The fraction of sp³-hybridized carbons (Fsp3) is 0.429. The summed E-state index contributed by atoms with van der Waals surface area (Å²) in [5.41, 5.74) is 1.95. The number of hydrogen-bond acceptors (Lipinski definition) is 4. The summed E-state index contributed by atoms with van der Waals surface area (Å²) >= 11 is 7.83. The molecule has 3 aromatic rings. The van der Waals surface area contributed by atoms with Crippen LogP contribution in [0.2, 0.25) is 5.02 Å². The standard InChI is InChI=1S/C21H24ClN3O2S/c1-3-27-16-8-6-10-24(13-16)20(26)19-11-17-14(2)23-25(21(17)28-19)12-15-7-4-5-9-18(15)22/h4-5,7,9,11,16H,3,6,8,10,12-13H2,1-2H3. The van der Waals surface area contributed by atoms with Crippen LogP contribution in [0.5, 0.6) is 0 Å². The van der Waals surface area contributed by atoms with Gasteiger partial charge in [-0.2, -0.15) is 5.10 Å². The predicted molar refractivity (Wildman–Crippen MR) is 113 cm³/mol. The van der Waals surface area contributed by atoms with E-state index in [0.717, 1.165) is 50.8 Å². The number of rotatable bonds is 5. The second-order valence-corrected chi connectivity index (χ2v) is 8.57. The van der Waals surface area contributed by atoms with Crippen molar-refractivity contribution in [3.8, 4) is 0 Å². The van der Waals surface area contributed by atoms with Crippen LogP contribution >= 0.6 is 22.9 Å². The maximum absolute atomic E-state index is 13.1. The fourth-order valence-corrected chi connectivity index (χ4v) is 5.09. The highest BCUT2D eigenvalue weighted by Crippen LogP contribution is 2.31. The summed E-state index contributed by atoms with van der Waals surface area (Å²) in [6.07, 6.45) is 2.16. The van der Waals surface area contributed by atoms with Gasteiger partial charge in [-0.15, -0.1) is 11.3 Å². The third-order valence-electron chi connectivity index (χ3n) is 5.16. The van der Waals surface area contributed by atoms with Gasteiger partial charge in [-0.25, -0.2) is 0 Å². The number of benzene rings is 1. The molecule has 0 bridgehead atoms. The number of carbonyl (C=O) groups excluding carboxylic acids is 1. The Morgan fingerprint density at radius 1 is 1.39 bits per heavy atom. The van der Waals surface area contributed by atoms with Crippen molar-refractivity contribution in [3.63, 3.8) is 0 Å². The van der Waals surface area contributed by atoms with Crippen molar-refractivity contribution in [3.05, 3.63) is 51.5 Å². The normalized spacial score (nSPS) is 17.4. The lowest BCUT2D eigenvalue weighted by molar-refractivity contribution is 0.00742. The van der Waals surface area contributed by atoms with Crippen LogP contribution in [0.15, 0.2) is 30.3 Å². The van der Waals surface area contributed by atoms with Crippen LogP contribution in [0.3, 0.4) is 0 Å². The van der Waals surface area contributed by atoms with Crippen molar-refractivity contribution in [1.82, 2.24) is 14.7 Å². The van der Waals surface area contributed by atoms with Gasteiger partial charge in [0.1, 0.15) is 4.83 Å². The number of carbonyl (C=O) groups is 1. The van der Waals surface area contributed by atoms with Crippen LogP contribution in [-0.4, -0.2) is 46.4 Å². The van der Waals surface area contributed by atoms with Crippen LogP contribution in [0.4, 0.5) is 0 Å². The molecule has 1 saturated heterocycles. The highest BCUT2D eigenvalue weighted by Gasteiger charge is 2.26. The number of likely N-dealkylation sites (tertiary alicyclic amines) is 1. The lowest BCUT2D eigenvalue weighted by atomic mass is 10.1. The Morgan fingerprint density at radius 3 is 3.00 bits per heavy atom. The molecular formula is C21H24ClN3O2S. The SMILES string of the molecule is CCOC1CCCN(C(=O)c2cc3c(C)nn(Cc4ccccc4Cl)c3s2)C1. The van der Waals surface area contributed by atoms with E-state index in [9.17, 15) is 4.79 Å². The number of piperidine rings is 1. The fourth-order valence-electron chi connectivity index (χ4n) is 3.76. The second kappa shape index (κ2) is 8.23. The molecular weight excluding hydrogens is 394 g/mol. The van der Waals surface area contributed by atoms with Crippen LogP contribution in [0.1, 0.15) is 40.7 Å². The van der Waals surface area contributed by atoms with Crippen molar-refractivity contribution in [2.75, 3.05) is 19.7 Å². The summed E-state index contributed by atoms with van der Waals surface area (Å²) in [6, 6.07) is 9.78. The van der Waals surface area contributed by atoms with Crippen LogP contribution < -0.4 is 0 Å². The van der Waals surface area contributed by atoms with Gasteiger partial charge in [-0.1, -0.05) is 29.8 Å². The average Bonchev–Trinajstić information content (AvgIpc) is 3.25. The summed E-state index contributed by atoms with van der Waals surface area (Å²) in [5.74, 6) is 0.0919. The van der Waals surface area contributed by atoms with Crippen LogP contribution in [-0.2, 0) is 11.3 Å². The van der Waals surface area contributed by atoms with Gasteiger partial charge < -0.3 is 9.64 Å². The highest BCUT2D eigenvalue weighted by molar-refractivity contribution is 7.20. The van der Waals surface area contributed by atoms with Crippen molar-refractivity contribution in [2.24, 2.45) is 0 Å². The predicted octanol–water partition coefficient (Wildman–Crippen LogP) is 4.75. The van der Waals surface area contributed by atoms with E-state index < -0.39 is 0 Å². The molecule has 1 amide bonds. The Kier molecular flexibility index (Phi) is 5.71. The first kappa shape index (κ1) is 19.4. The number of halogens is 1. The van der Waals surface area contributed by atoms with Crippen LogP contribution in [0.25, 0.3) is 10.2 Å². The van der Waals surface area contributed by atoms with Gasteiger partial charge in [-0.05, 0) is 44.4 Å². The maximum atomic E-state index is 13.1.